The van der Waals surface area contributed by atoms with E-state index in [9.17, 15) is 14.4 Å². The number of ether oxygens (including phenoxy) is 1. The van der Waals surface area contributed by atoms with Gasteiger partial charge in [-0.05, 0) is 49.1 Å². The Labute approximate surface area is 198 Å². The van der Waals surface area contributed by atoms with E-state index in [-0.39, 0.29) is 31.4 Å². The van der Waals surface area contributed by atoms with Crippen molar-refractivity contribution < 1.29 is 19.1 Å². The molecular weight excluding hydrogens is 436 g/mol. The Hall–Kier alpha value is -3.95. The number of nitrogens with two attached hydrogens (primary N) is 1. The lowest BCUT2D eigenvalue weighted by Gasteiger charge is -2.33. The molecule has 2 atom stereocenters. The summed E-state index contributed by atoms with van der Waals surface area (Å²) in [7, 11) is 0. The molecule has 0 spiro atoms. The topological polar surface area (TPSA) is 139 Å². The summed E-state index contributed by atoms with van der Waals surface area (Å²) in [5.74, 6) is 4.13. The number of nitrogens with zero attached hydrogens (tertiary/aromatic N) is 3. The lowest BCUT2D eigenvalue weighted by atomic mass is 9.97. The first-order chi connectivity index (χ1) is 16.5. The first-order valence-corrected chi connectivity index (χ1v) is 11.2. The van der Waals surface area contributed by atoms with Crippen molar-refractivity contribution in [1.29, 1.82) is 0 Å². The predicted octanol–water partition coefficient (Wildman–Crippen LogP) is 1.91. The van der Waals surface area contributed by atoms with Crippen LogP contribution < -0.4 is 16.5 Å². The van der Waals surface area contributed by atoms with E-state index in [0.717, 1.165) is 11.1 Å². The molecule has 4 N–H and O–H groups in total. The largest absolute Gasteiger partial charge is 0.464 e. The molecule has 2 heterocycles. The van der Waals surface area contributed by atoms with Crippen molar-refractivity contribution in [3.63, 3.8) is 0 Å². The van der Waals surface area contributed by atoms with Gasteiger partial charge >= 0.3 is 12.0 Å². The first-order valence-electron chi connectivity index (χ1n) is 11.2. The Morgan fingerprint density at radius 1 is 1.29 bits per heavy atom. The Morgan fingerprint density at radius 3 is 2.76 bits per heavy atom. The average Bonchev–Trinajstić information content (AvgIpc) is 2.86. The Bertz CT molecular complexity index is 996. The number of rotatable bonds is 8. The van der Waals surface area contributed by atoms with E-state index >= 15 is 0 Å². The lowest BCUT2D eigenvalue weighted by molar-refractivity contribution is -0.145. The van der Waals surface area contributed by atoms with Crippen molar-refractivity contribution in [2.24, 2.45) is 16.9 Å². The van der Waals surface area contributed by atoms with Crippen LogP contribution in [-0.2, 0) is 20.7 Å². The van der Waals surface area contributed by atoms with Gasteiger partial charge in [-0.2, -0.15) is 5.10 Å². The van der Waals surface area contributed by atoms with Crippen LogP contribution in [0.3, 0.4) is 0 Å². The number of hydrogen-bond acceptors (Lipinski definition) is 7. The SMILES string of the molecule is CCOC(=O)C(Cc1cccnc1)NC(=O)N1CCCC(C(=O)Nc2ccc(C=NN)cc2)C1. The highest BCUT2D eigenvalue weighted by molar-refractivity contribution is 5.93. The minimum absolute atomic E-state index is 0.157. The molecule has 34 heavy (non-hydrogen) atoms. The van der Waals surface area contributed by atoms with Crippen LogP contribution in [0.2, 0.25) is 0 Å². The van der Waals surface area contributed by atoms with Crippen molar-refractivity contribution in [2.75, 3.05) is 25.0 Å². The van der Waals surface area contributed by atoms with Gasteiger partial charge in [0, 0.05) is 37.6 Å². The molecule has 3 rings (SSSR count). The number of piperidine rings is 1. The molecule has 180 valence electrons. The second-order valence-electron chi connectivity index (χ2n) is 7.99. The van der Waals surface area contributed by atoms with Gasteiger partial charge in [0.25, 0.3) is 0 Å². The number of likely N-dealkylation sites (tertiary alicyclic amines) is 1. The zero-order chi connectivity index (χ0) is 24.3. The van der Waals surface area contributed by atoms with E-state index in [1.807, 2.05) is 6.07 Å². The van der Waals surface area contributed by atoms with Gasteiger partial charge in [0.2, 0.25) is 5.91 Å². The number of hydrazone groups is 1. The van der Waals surface area contributed by atoms with Gasteiger partial charge in [-0.25, -0.2) is 9.59 Å². The summed E-state index contributed by atoms with van der Waals surface area (Å²) in [6.07, 6.45) is 6.43. The quantitative estimate of drug-likeness (QED) is 0.235. The number of hydrogen-bond donors (Lipinski definition) is 3. The third kappa shape index (κ3) is 7.03. The van der Waals surface area contributed by atoms with Gasteiger partial charge in [0.15, 0.2) is 0 Å². The van der Waals surface area contributed by atoms with E-state index in [0.29, 0.717) is 25.1 Å². The van der Waals surface area contributed by atoms with E-state index < -0.39 is 18.0 Å². The molecule has 1 aromatic carbocycles. The number of aromatic nitrogens is 1. The smallest absolute Gasteiger partial charge is 0.329 e. The molecule has 0 aliphatic carbocycles. The lowest BCUT2D eigenvalue weighted by Crippen LogP contribution is -2.53. The first kappa shape index (κ1) is 24.7. The molecule has 3 amide bonds. The normalized spacial score (nSPS) is 16.6. The summed E-state index contributed by atoms with van der Waals surface area (Å²) in [5, 5.41) is 9.14. The molecule has 1 aliphatic rings. The number of carbonyl (C=O) groups excluding carboxylic acids is 3. The van der Waals surface area contributed by atoms with Gasteiger partial charge in [-0.3, -0.25) is 9.78 Å². The van der Waals surface area contributed by atoms with Crippen LogP contribution in [0.25, 0.3) is 0 Å². The summed E-state index contributed by atoms with van der Waals surface area (Å²) in [5.41, 5.74) is 2.28. The minimum Gasteiger partial charge on any atom is -0.464 e. The monoisotopic (exact) mass is 466 g/mol. The molecule has 0 bridgehead atoms. The molecular formula is C24H30N6O4. The second-order valence-corrected chi connectivity index (χ2v) is 7.99. The number of urea groups is 1. The maximum atomic E-state index is 13.0. The van der Waals surface area contributed by atoms with E-state index in [1.165, 1.54) is 6.21 Å². The highest BCUT2D eigenvalue weighted by atomic mass is 16.5. The Morgan fingerprint density at radius 2 is 2.09 bits per heavy atom. The predicted molar refractivity (Wildman–Crippen MR) is 128 cm³/mol. The zero-order valence-corrected chi connectivity index (χ0v) is 19.1. The standard InChI is InChI=1S/C24H30N6O4/c1-2-34-23(32)21(13-18-5-3-11-26-14-18)29-24(33)30-12-4-6-19(16-30)22(31)28-20-9-7-17(8-10-20)15-27-25/h3,5,7-11,14-15,19,21H,2,4,6,12-13,16,25H2,1H3,(H,28,31)(H,29,33). The van der Waals surface area contributed by atoms with Crippen LogP contribution in [0.5, 0.6) is 0 Å². The molecule has 2 unspecified atom stereocenters. The van der Waals surface area contributed by atoms with Crippen molar-refractivity contribution in [3.05, 3.63) is 59.9 Å². The van der Waals surface area contributed by atoms with Crippen LogP contribution in [0.4, 0.5) is 10.5 Å². The summed E-state index contributed by atoms with van der Waals surface area (Å²) in [6, 6.07) is 9.49. The second kappa shape index (κ2) is 12.3. The number of pyridine rings is 1. The molecule has 1 aliphatic heterocycles. The number of carbonyl (C=O) groups is 3. The Kier molecular flexibility index (Phi) is 8.96. The summed E-state index contributed by atoms with van der Waals surface area (Å²) >= 11 is 0. The molecule has 10 nitrogen and oxygen atoms in total. The highest BCUT2D eigenvalue weighted by Gasteiger charge is 2.31. The number of esters is 1. The number of anilines is 1. The van der Waals surface area contributed by atoms with Crippen LogP contribution in [-0.4, -0.2) is 59.7 Å². The van der Waals surface area contributed by atoms with E-state index in [4.69, 9.17) is 10.6 Å². The van der Waals surface area contributed by atoms with Gasteiger partial charge in [0.1, 0.15) is 6.04 Å². The number of amides is 3. The van der Waals surface area contributed by atoms with Crippen LogP contribution in [0, 0.1) is 5.92 Å². The van der Waals surface area contributed by atoms with Gasteiger partial charge < -0.3 is 26.1 Å². The average molecular weight is 467 g/mol. The minimum atomic E-state index is -0.846. The van der Waals surface area contributed by atoms with E-state index in [2.05, 4.69) is 20.7 Å². The molecule has 0 saturated carbocycles. The highest BCUT2D eigenvalue weighted by Crippen LogP contribution is 2.19. The number of nitrogens with one attached hydrogen (secondary N) is 2. The zero-order valence-electron chi connectivity index (χ0n) is 19.1. The fourth-order valence-electron chi connectivity index (χ4n) is 3.79. The van der Waals surface area contributed by atoms with Crippen LogP contribution in [0.15, 0.2) is 53.9 Å². The fraction of sp³-hybridized carbons (Fsp3) is 0.375. The fourth-order valence-corrected chi connectivity index (χ4v) is 3.79. The number of benzene rings is 1. The van der Waals surface area contributed by atoms with Gasteiger partial charge in [-0.1, -0.05) is 18.2 Å². The summed E-state index contributed by atoms with van der Waals surface area (Å²) in [6.45, 7) is 2.70. The summed E-state index contributed by atoms with van der Waals surface area (Å²) < 4.78 is 5.14. The van der Waals surface area contributed by atoms with E-state index in [1.54, 1.807) is 54.5 Å². The molecule has 10 heteroatoms. The van der Waals surface area contributed by atoms with Crippen molar-refractivity contribution in [2.45, 2.75) is 32.2 Å². The van der Waals surface area contributed by atoms with Crippen LogP contribution >= 0.6 is 0 Å². The van der Waals surface area contributed by atoms with Gasteiger partial charge in [0.05, 0.1) is 18.7 Å². The third-order valence-electron chi connectivity index (χ3n) is 5.51. The molecule has 1 aromatic heterocycles. The van der Waals surface area contributed by atoms with Crippen molar-refractivity contribution in [1.82, 2.24) is 15.2 Å². The van der Waals surface area contributed by atoms with Crippen LogP contribution in [0.1, 0.15) is 30.9 Å². The summed E-state index contributed by atoms with van der Waals surface area (Å²) in [4.78, 5) is 43.9. The molecule has 2 aromatic rings. The molecule has 1 saturated heterocycles. The molecule has 1 fully saturated rings. The van der Waals surface area contributed by atoms with Crippen molar-refractivity contribution >= 4 is 29.8 Å². The van der Waals surface area contributed by atoms with Crippen molar-refractivity contribution in [3.8, 4) is 0 Å². The maximum Gasteiger partial charge on any atom is 0.329 e. The van der Waals surface area contributed by atoms with Gasteiger partial charge in [-0.15, -0.1) is 0 Å². The molecule has 0 radical (unpaired) electrons. The Balaban J connectivity index is 1.60. The third-order valence-corrected chi connectivity index (χ3v) is 5.51. The maximum absolute atomic E-state index is 13.0.